The molecule has 0 N–H and O–H groups in total. The van der Waals surface area contributed by atoms with Gasteiger partial charge in [0.15, 0.2) is 5.65 Å². The van der Waals surface area contributed by atoms with Gasteiger partial charge in [-0.1, -0.05) is 0 Å². The lowest BCUT2D eigenvalue weighted by atomic mass is 10.0. The van der Waals surface area contributed by atoms with Crippen LogP contribution >= 0.6 is 11.6 Å². The molecular formula is C13H19ClN4. The number of halogens is 1. The van der Waals surface area contributed by atoms with Gasteiger partial charge in [-0.3, -0.25) is 0 Å². The minimum atomic E-state index is 0.0198. The highest BCUT2D eigenvalue weighted by molar-refractivity contribution is 6.16. The van der Waals surface area contributed by atoms with Crippen molar-refractivity contribution in [3.63, 3.8) is 0 Å². The van der Waals surface area contributed by atoms with E-state index < -0.39 is 0 Å². The molecule has 18 heavy (non-hydrogen) atoms. The number of likely N-dealkylation sites (N-methyl/N-ethyl adjacent to an activating group) is 1. The molecule has 0 aliphatic rings. The maximum atomic E-state index is 5.99. The van der Waals surface area contributed by atoms with Gasteiger partial charge in [0.2, 0.25) is 0 Å². The topological polar surface area (TPSA) is 34.0 Å². The lowest BCUT2D eigenvalue weighted by molar-refractivity contribution is 0.170. The highest BCUT2D eigenvalue weighted by Gasteiger charge is 2.24. The molecule has 5 heteroatoms. The van der Waals surface area contributed by atoms with E-state index in [-0.39, 0.29) is 5.54 Å². The van der Waals surface area contributed by atoms with Gasteiger partial charge >= 0.3 is 0 Å². The summed E-state index contributed by atoms with van der Waals surface area (Å²) in [6.45, 7) is 5.20. The number of pyridine rings is 1. The molecule has 4 nitrogen and oxygen atoms in total. The molecule has 2 aromatic heterocycles. The van der Waals surface area contributed by atoms with Crippen molar-refractivity contribution >= 4 is 22.8 Å². The summed E-state index contributed by atoms with van der Waals surface area (Å²) < 4.78 is 2.11. The van der Waals surface area contributed by atoms with Crippen molar-refractivity contribution in [1.29, 1.82) is 0 Å². The zero-order valence-electron chi connectivity index (χ0n) is 11.3. The van der Waals surface area contributed by atoms with Crippen LogP contribution in [0.15, 0.2) is 18.3 Å². The fourth-order valence-corrected chi connectivity index (χ4v) is 2.01. The number of imidazole rings is 1. The summed E-state index contributed by atoms with van der Waals surface area (Å²) in [5, 5.41) is 0. The van der Waals surface area contributed by atoms with Gasteiger partial charge in [-0.15, -0.1) is 11.6 Å². The van der Waals surface area contributed by atoms with Crippen LogP contribution in [-0.2, 0) is 12.4 Å². The average molecular weight is 267 g/mol. The fourth-order valence-electron chi connectivity index (χ4n) is 1.80. The number of alkyl halides is 1. The molecule has 0 aliphatic carbocycles. The number of rotatable bonds is 4. The van der Waals surface area contributed by atoms with E-state index in [2.05, 4.69) is 47.4 Å². The maximum absolute atomic E-state index is 5.99. The molecule has 0 fully saturated rings. The van der Waals surface area contributed by atoms with Gasteiger partial charge in [-0.05, 0) is 40.1 Å². The van der Waals surface area contributed by atoms with E-state index in [0.29, 0.717) is 5.88 Å². The van der Waals surface area contributed by atoms with Crippen molar-refractivity contribution in [3.8, 4) is 0 Å². The quantitative estimate of drug-likeness (QED) is 0.798. The highest BCUT2D eigenvalue weighted by atomic mass is 35.5. The maximum Gasteiger partial charge on any atom is 0.160 e. The van der Waals surface area contributed by atoms with E-state index >= 15 is 0 Å². The molecular weight excluding hydrogens is 248 g/mol. The monoisotopic (exact) mass is 266 g/mol. The van der Waals surface area contributed by atoms with Crippen LogP contribution in [0.25, 0.3) is 11.2 Å². The number of nitrogens with zero attached hydrogens (tertiary/aromatic N) is 4. The second-order valence-electron chi connectivity index (χ2n) is 5.30. The smallest absolute Gasteiger partial charge is 0.160 e. The van der Waals surface area contributed by atoms with E-state index in [4.69, 9.17) is 11.6 Å². The molecule has 0 spiro atoms. The van der Waals surface area contributed by atoms with E-state index in [9.17, 15) is 0 Å². The second kappa shape index (κ2) is 4.86. The molecule has 2 heterocycles. The van der Waals surface area contributed by atoms with Crippen LogP contribution in [0.2, 0.25) is 0 Å². The van der Waals surface area contributed by atoms with Gasteiger partial charge in [0.25, 0.3) is 0 Å². The summed E-state index contributed by atoms with van der Waals surface area (Å²) in [4.78, 5) is 11.1. The predicted molar refractivity (Wildman–Crippen MR) is 74.9 cm³/mol. The second-order valence-corrected chi connectivity index (χ2v) is 5.57. The first-order valence-corrected chi connectivity index (χ1v) is 6.52. The van der Waals surface area contributed by atoms with Gasteiger partial charge in [0.1, 0.15) is 11.3 Å². The number of hydrogen-bond donors (Lipinski definition) is 0. The number of aromatic nitrogens is 3. The molecule has 0 bridgehead atoms. The van der Waals surface area contributed by atoms with E-state index in [1.807, 2.05) is 12.1 Å². The minimum Gasteiger partial charge on any atom is -0.310 e. The highest BCUT2D eigenvalue weighted by Crippen LogP contribution is 2.20. The summed E-state index contributed by atoms with van der Waals surface area (Å²) in [7, 11) is 4.15. The number of hydrogen-bond acceptors (Lipinski definition) is 3. The van der Waals surface area contributed by atoms with Crippen LogP contribution in [0, 0.1) is 0 Å². The first kappa shape index (κ1) is 13.3. The van der Waals surface area contributed by atoms with Crippen LogP contribution in [-0.4, -0.2) is 39.1 Å². The Bertz CT molecular complexity index is 545. The Labute approximate surface area is 113 Å². The van der Waals surface area contributed by atoms with Crippen molar-refractivity contribution in [3.05, 3.63) is 24.2 Å². The first-order valence-electron chi connectivity index (χ1n) is 5.99. The van der Waals surface area contributed by atoms with Crippen LogP contribution in [0.3, 0.4) is 0 Å². The molecule has 0 amide bonds. The fraction of sp³-hybridized carbons (Fsp3) is 0.538. The Morgan fingerprint density at radius 2 is 2.11 bits per heavy atom. The summed E-state index contributed by atoms with van der Waals surface area (Å²) in [5.74, 6) is 1.28. The average Bonchev–Trinajstić information content (AvgIpc) is 2.67. The lowest BCUT2D eigenvalue weighted by Crippen LogP contribution is -2.42. The van der Waals surface area contributed by atoms with Crippen LogP contribution in [0.1, 0.15) is 19.7 Å². The lowest BCUT2D eigenvalue weighted by Gasteiger charge is -2.33. The van der Waals surface area contributed by atoms with Gasteiger partial charge in [0, 0.05) is 18.3 Å². The standard InChI is InChI=1S/C13H19ClN4/c1-13(2,17(3)4)9-18-11(8-14)16-10-6-5-7-15-12(10)18/h5-7H,8-9H2,1-4H3. The SMILES string of the molecule is CN(C)C(C)(C)Cn1c(CCl)nc2cccnc21. The zero-order valence-corrected chi connectivity index (χ0v) is 12.1. The molecule has 2 aromatic rings. The van der Waals surface area contributed by atoms with E-state index in [1.165, 1.54) is 0 Å². The van der Waals surface area contributed by atoms with Crippen LogP contribution < -0.4 is 0 Å². The van der Waals surface area contributed by atoms with Gasteiger partial charge in [-0.2, -0.15) is 0 Å². The molecule has 0 radical (unpaired) electrons. The van der Waals surface area contributed by atoms with E-state index in [1.54, 1.807) is 6.20 Å². The summed E-state index contributed by atoms with van der Waals surface area (Å²) in [5.41, 5.74) is 1.83. The molecule has 0 aromatic carbocycles. The molecule has 0 aliphatic heterocycles. The van der Waals surface area contributed by atoms with Crippen molar-refractivity contribution in [2.45, 2.75) is 31.8 Å². The third kappa shape index (κ3) is 2.35. The summed E-state index contributed by atoms with van der Waals surface area (Å²) in [6.07, 6.45) is 1.79. The van der Waals surface area contributed by atoms with Gasteiger partial charge < -0.3 is 9.47 Å². The molecule has 0 atom stereocenters. The van der Waals surface area contributed by atoms with Gasteiger partial charge in [-0.25, -0.2) is 9.97 Å². The molecule has 0 saturated carbocycles. The van der Waals surface area contributed by atoms with Crippen LogP contribution in [0.5, 0.6) is 0 Å². The third-order valence-corrected chi connectivity index (χ3v) is 3.70. The Balaban J connectivity index is 2.49. The molecule has 0 saturated heterocycles. The Morgan fingerprint density at radius 1 is 1.39 bits per heavy atom. The van der Waals surface area contributed by atoms with Crippen LogP contribution in [0.4, 0.5) is 0 Å². The normalized spacial score (nSPS) is 12.6. The predicted octanol–water partition coefficient (Wildman–Crippen LogP) is 2.51. The van der Waals surface area contributed by atoms with Gasteiger partial charge in [0.05, 0.1) is 5.88 Å². The molecule has 98 valence electrons. The van der Waals surface area contributed by atoms with Crippen molar-refractivity contribution in [2.24, 2.45) is 0 Å². The first-order chi connectivity index (χ1) is 8.45. The van der Waals surface area contributed by atoms with Crippen molar-refractivity contribution < 1.29 is 0 Å². The molecule has 0 unspecified atom stereocenters. The van der Waals surface area contributed by atoms with E-state index in [0.717, 1.165) is 23.5 Å². The summed E-state index contributed by atoms with van der Waals surface area (Å²) in [6, 6.07) is 3.87. The third-order valence-electron chi connectivity index (χ3n) is 3.46. The molecule has 2 rings (SSSR count). The van der Waals surface area contributed by atoms with Crippen molar-refractivity contribution in [2.75, 3.05) is 14.1 Å². The largest absolute Gasteiger partial charge is 0.310 e. The minimum absolute atomic E-state index is 0.0198. The Hall–Kier alpha value is -1.13. The number of fused-ring (bicyclic) bond motifs is 1. The zero-order chi connectivity index (χ0) is 13.3. The summed E-state index contributed by atoms with van der Waals surface area (Å²) >= 11 is 5.99. The Kier molecular flexibility index (Phi) is 3.59. The van der Waals surface area contributed by atoms with Crippen molar-refractivity contribution in [1.82, 2.24) is 19.4 Å². The Morgan fingerprint density at radius 3 is 2.72 bits per heavy atom.